The Labute approximate surface area is 180 Å². The van der Waals surface area contributed by atoms with E-state index < -0.39 is 0 Å². The van der Waals surface area contributed by atoms with Crippen molar-refractivity contribution in [3.05, 3.63) is 54.0 Å². The van der Waals surface area contributed by atoms with Gasteiger partial charge in [-0.15, -0.1) is 24.0 Å². The molecule has 1 aromatic heterocycles. The lowest BCUT2D eigenvalue weighted by atomic mass is 10.2. The largest absolute Gasteiger partial charge is 0.439 e. The molecule has 1 aliphatic heterocycles. The minimum atomic E-state index is -0.335. The Balaban J connectivity index is 0.00000261. The Kier molecular flexibility index (Phi) is 9.12. The summed E-state index contributed by atoms with van der Waals surface area (Å²) in [7, 11) is 1.77. The number of thioether (sulfide) groups is 1. The SMILES string of the molecule is CN=C(NCc1ccc(Oc2cccc(F)c2)nc1)NCC1CCCS1.I. The van der Waals surface area contributed by atoms with E-state index in [1.165, 1.54) is 30.7 Å². The zero-order valence-electron chi connectivity index (χ0n) is 15.2. The van der Waals surface area contributed by atoms with Crippen molar-refractivity contribution in [3.8, 4) is 11.6 Å². The number of aromatic nitrogens is 1. The second-order valence-corrected chi connectivity index (χ2v) is 7.41. The lowest BCUT2D eigenvalue weighted by Crippen LogP contribution is -2.39. The van der Waals surface area contributed by atoms with Crippen LogP contribution in [-0.2, 0) is 6.54 Å². The summed E-state index contributed by atoms with van der Waals surface area (Å²) in [6.45, 7) is 1.55. The van der Waals surface area contributed by atoms with Crippen LogP contribution >= 0.6 is 35.7 Å². The number of ether oxygens (including phenoxy) is 1. The second kappa shape index (κ2) is 11.3. The summed E-state index contributed by atoms with van der Waals surface area (Å²) in [5.74, 6) is 2.57. The van der Waals surface area contributed by atoms with Crippen molar-refractivity contribution >= 4 is 41.7 Å². The third kappa shape index (κ3) is 7.17. The molecular weight excluding hydrogens is 478 g/mol. The highest BCUT2D eigenvalue weighted by Gasteiger charge is 2.15. The molecule has 1 aromatic carbocycles. The smallest absolute Gasteiger partial charge is 0.219 e. The maximum absolute atomic E-state index is 13.2. The van der Waals surface area contributed by atoms with Gasteiger partial charge in [-0.05, 0) is 36.3 Å². The summed E-state index contributed by atoms with van der Waals surface area (Å²) in [5.41, 5.74) is 1.01. The molecule has 8 heteroatoms. The number of hydrogen-bond donors (Lipinski definition) is 2. The molecular formula is C19H24FIN4OS. The van der Waals surface area contributed by atoms with Gasteiger partial charge in [0.15, 0.2) is 5.96 Å². The normalized spacial score (nSPS) is 16.5. The molecule has 3 rings (SSSR count). The Morgan fingerprint density at radius 2 is 2.22 bits per heavy atom. The number of pyridine rings is 1. The summed E-state index contributed by atoms with van der Waals surface area (Å²) < 4.78 is 18.7. The van der Waals surface area contributed by atoms with Crippen LogP contribution in [0.1, 0.15) is 18.4 Å². The number of guanidine groups is 1. The van der Waals surface area contributed by atoms with Crippen molar-refractivity contribution < 1.29 is 9.13 Å². The minimum Gasteiger partial charge on any atom is -0.439 e. The Morgan fingerprint density at radius 3 is 2.89 bits per heavy atom. The monoisotopic (exact) mass is 502 g/mol. The van der Waals surface area contributed by atoms with E-state index in [2.05, 4.69) is 20.6 Å². The van der Waals surface area contributed by atoms with Gasteiger partial charge in [0.2, 0.25) is 5.88 Å². The van der Waals surface area contributed by atoms with Crippen LogP contribution in [0.5, 0.6) is 11.6 Å². The van der Waals surface area contributed by atoms with Crippen LogP contribution in [0.15, 0.2) is 47.6 Å². The molecule has 146 valence electrons. The summed E-state index contributed by atoms with van der Waals surface area (Å²) in [4.78, 5) is 8.52. The fourth-order valence-electron chi connectivity index (χ4n) is 2.65. The maximum atomic E-state index is 13.2. The van der Waals surface area contributed by atoms with Gasteiger partial charge in [-0.2, -0.15) is 11.8 Å². The first-order valence-corrected chi connectivity index (χ1v) is 9.72. The molecule has 5 nitrogen and oxygen atoms in total. The Morgan fingerprint density at radius 1 is 1.33 bits per heavy atom. The minimum absolute atomic E-state index is 0. The van der Waals surface area contributed by atoms with Gasteiger partial charge in [0.25, 0.3) is 0 Å². The van der Waals surface area contributed by atoms with Crippen molar-refractivity contribution in [1.29, 1.82) is 0 Å². The molecule has 2 heterocycles. The zero-order chi connectivity index (χ0) is 18.2. The highest BCUT2D eigenvalue weighted by atomic mass is 127. The first kappa shape index (κ1) is 21.7. The van der Waals surface area contributed by atoms with Gasteiger partial charge in [-0.3, -0.25) is 4.99 Å². The molecule has 27 heavy (non-hydrogen) atoms. The van der Waals surface area contributed by atoms with Crippen molar-refractivity contribution in [1.82, 2.24) is 15.6 Å². The van der Waals surface area contributed by atoms with Crippen LogP contribution in [0.3, 0.4) is 0 Å². The topological polar surface area (TPSA) is 58.5 Å². The van der Waals surface area contributed by atoms with Crippen LogP contribution in [0.25, 0.3) is 0 Å². The Hall–Kier alpha value is -1.55. The molecule has 0 saturated carbocycles. The van der Waals surface area contributed by atoms with Gasteiger partial charge in [0.1, 0.15) is 11.6 Å². The number of rotatable bonds is 6. The predicted octanol–water partition coefficient (Wildman–Crippen LogP) is 4.19. The average molecular weight is 502 g/mol. The van der Waals surface area contributed by atoms with Crippen molar-refractivity contribution in [2.45, 2.75) is 24.6 Å². The Bertz CT molecular complexity index is 739. The molecule has 1 unspecified atom stereocenters. The summed E-state index contributed by atoms with van der Waals surface area (Å²) in [5, 5.41) is 7.33. The quantitative estimate of drug-likeness (QED) is 0.353. The molecule has 0 bridgehead atoms. The van der Waals surface area contributed by atoms with Crippen LogP contribution in [-0.4, -0.2) is 35.5 Å². The number of halogens is 2. The second-order valence-electron chi connectivity index (χ2n) is 6.01. The number of nitrogens with zero attached hydrogens (tertiary/aromatic N) is 2. The van der Waals surface area contributed by atoms with Gasteiger partial charge < -0.3 is 15.4 Å². The average Bonchev–Trinajstić information content (AvgIpc) is 3.17. The highest BCUT2D eigenvalue weighted by molar-refractivity contribution is 14.0. The van der Waals surface area contributed by atoms with Crippen molar-refractivity contribution in [2.75, 3.05) is 19.3 Å². The van der Waals surface area contributed by atoms with Crippen LogP contribution in [0.2, 0.25) is 0 Å². The van der Waals surface area contributed by atoms with E-state index in [-0.39, 0.29) is 29.8 Å². The van der Waals surface area contributed by atoms with E-state index in [9.17, 15) is 4.39 Å². The van der Waals surface area contributed by atoms with Gasteiger partial charge >= 0.3 is 0 Å². The first-order valence-electron chi connectivity index (χ1n) is 8.67. The van der Waals surface area contributed by atoms with Crippen molar-refractivity contribution in [2.24, 2.45) is 4.99 Å². The van der Waals surface area contributed by atoms with Crippen LogP contribution in [0.4, 0.5) is 4.39 Å². The standard InChI is InChI=1S/C19H23FN4OS.HI/c1-21-19(24-13-17-6-3-9-26-17)23-12-14-7-8-18(22-11-14)25-16-5-2-4-15(20)10-16;/h2,4-5,7-8,10-11,17H,3,6,9,12-13H2,1H3,(H2,21,23,24);1H. The molecule has 0 amide bonds. The van der Waals surface area contributed by atoms with Gasteiger partial charge in [-0.25, -0.2) is 9.37 Å². The molecule has 1 atom stereocenters. The van der Waals surface area contributed by atoms with Crippen LogP contribution in [0, 0.1) is 5.82 Å². The molecule has 0 aliphatic carbocycles. The molecule has 1 fully saturated rings. The first-order chi connectivity index (χ1) is 12.7. The summed E-state index contributed by atoms with van der Waals surface area (Å²) in [6.07, 6.45) is 4.31. The number of aliphatic imine (C=N–C) groups is 1. The number of hydrogen-bond acceptors (Lipinski definition) is 4. The van der Waals surface area contributed by atoms with Gasteiger partial charge in [0, 0.05) is 43.7 Å². The van der Waals surface area contributed by atoms with E-state index in [1.807, 2.05) is 17.8 Å². The van der Waals surface area contributed by atoms with Gasteiger partial charge in [-0.1, -0.05) is 12.1 Å². The molecule has 2 N–H and O–H groups in total. The van der Waals surface area contributed by atoms with Crippen LogP contribution < -0.4 is 15.4 Å². The van der Waals surface area contributed by atoms with E-state index in [4.69, 9.17) is 4.74 Å². The van der Waals surface area contributed by atoms with Gasteiger partial charge in [0.05, 0.1) is 0 Å². The van der Waals surface area contributed by atoms with E-state index >= 15 is 0 Å². The van der Waals surface area contributed by atoms with Crippen molar-refractivity contribution in [3.63, 3.8) is 0 Å². The third-order valence-corrected chi connectivity index (χ3v) is 5.42. The van der Waals surface area contributed by atoms with E-state index in [0.717, 1.165) is 18.1 Å². The zero-order valence-corrected chi connectivity index (χ0v) is 18.3. The summed E-state index contributed by atoms with van der Waals surface area (Å²) in [6, 6.07) is 9.70. The fraction of sp³-hybridized carbons (Fsp3) is 0.368. The fourth-order valence-corrected chi connectivity index (χ4v) is 3.85. The molecule has 1 aliphatic rings. The lowest BCUT2D eigenvalue weighted by molar-refractivity contribution is 0.457. The number of benzene rings is 1. The van der Waals surface area contributed by atoms with E-state index in [0.29, 0.717) is 23.4 Å². The van der Waals surface area contributed by atoms with E-state index in [1.54, 1.807) is 31.4 Å². The lowest BCUT2D eigenvalue weighted by Gasteiger charge is -2.14. The molecule has 0 radical (unpaired) electrons. The third-order valence-electron chi connectivity index (χ3n) is 4.02. The molecule has 2 aromatic rings. The molecule has 1 saturated heterocycles. The molecule has 0 spiro atoms. The predicted molar refractivity (Wildman–Crippen MR) is 120 cm³/mol. The summed E-state index contributed by atoms with van der Waals surface area (Å²) >= 11 is 2.02. The number of nitrogens with one attached hydrogen (secondary N) is 2. The maximum Gasteiger partial charge on any atom is 0.219 e. The highest BCUT2D eigenvalue weighted by Crippen LogP contribution is 2.25.